The van der Waals surface area contributed by atoms with E-state index in [1.807, 2.05) is 0 Å². The van der Waals surface area contributed by atoms with E-state index in [-0.39, 0.29) is 43.3 Å². The van der Waals surface area contributed by atoms with Crippen LogP contribution >= 0.6 is 0 Å². The van der Waals surface area contributed by atoms with Crippen molar-refractivity contribution in [2.75, 3.05) is 18.0 Å². The van der Waals surface area contributed by atoms with Gasteiger partial charge in [-0.05, 0) is 55.0 Å². The summed E-state index contributed by atoms with van der Waals surface area (Å²) in [6, 6.07) is 10.8. The number of benzene rings is 2. The normalized spacial score (nSPS) is 21.8. The molecule has 1 atom stereocenters. The van der Waals surface area contributed by atoms with Gasteiger partial charge in [-0.25, -0.2) is 0 Å². The number of alkyl halides is 2. The molecule has 2 saturated heterocycles. The second kappa shape index (κ2) is 9.85. The van der Waals surface area contributed by atoms with Gasteiger partial charge in [0.2, 0.25) is 11.8 Å². The second-order valence-electron chi connectivity index (χ2n) is 10.4. The molecular weight excluding hydrogens is 493 g/mol. The summed E-state index contributed by atoms with van der Waals surface area (Å²) in [5, 5.41) is 4.63. The van der Waals surface area contributed by atoms with Crippen LogP contribution in [0.3, 0.4) is 0 Å². The van der Waals surface area contributed by atoms with E-state index < -0.39 is 23.2 Å². The number of hydrogen-bond donors (Lipinski definition) is 2. The Labute approximate surface area is 220 Å². The van der Waals surface area contributed by atoms with Crippen molar-refractivity contribution in [1.82, 2.24) is 15.5 Å². The number of carbonyl (C=O) groups is 4. The SMILES string of the molecule is BC1(N2Cc3cc(CNC(=O)C(F)(F)c4cccc(N5CCCCC5)c4)ccc3C2=O)CCC(=O)NC1=O. The first-order valence-electron chi connectivity index (χ1n) is 12.9. The first-order valence-corrected chi connectivity index (χ1v) is 12.9. The summed E-state index contributed by atoms with van der Waals surface area (Å²) in [5.41, 5.74) is 0.763. The molecule has 3 aliphatic heterocycles. The van der Waals surface area contributed by atoms with Crippen LogP contribution in [-0.4, -0.2) is 54.9 Å². The van der Waals surface area contributed by atoms with Crippen LogP contribution in [0.4, 0.5) is 14.5 Å². The Kier molecular flexibility index (Phi) is 6.71. The third kappa shape index (κ3) is 4.65. The Bertz CT molecular complexity index is 1310. The van der Waals surface area contributed by atoms with E-state index in [2.05, 4.69) is 15.5 Å². The number of rotatable bonds is 6. The second-order valence-corrected chi connectivity index (χ2v) is 10.4. The molecule has 198 valence electrons. The summed E-state index contributed by atoms with van der Waals surface area (Å²) in [6.07, 6.45) is 3.50. The van der Waals surface area contributed by atoms with Crippen LogP contribution < -0.4 is 15.5 Å². The molecule has 2 aromatic rings. The summed E-state index contributed by atoms with van der Waals surface area (Å²) in [7, 11) is 1.63. The number of nitrogens with one attached hydrogen (secondary N) is 2. The number of imide groups is 1. The number of piperidine rings is 2. The molecule has 0 radical (unpaired) electrons. The molecule has 5 rings (SSSR count). The van der Waals surface area contributed by atoms with Gasteiger partial charge in [-0.3, -0.25) is 24.5 Å². The lowest BCUT2D eigenvalue weighted by molar-refractivity contribution is -0.147. The molecule has 38 heavy (non-hydrogen) atoms. The predicted octanol–water partition coefficient (Wildman–Crippen LogP) is 1.81. The van der Waals surface area contributed by atoms with Crippen molar-refractivity contribution in [2.24, 2.45) is 0 Å². The average Bonchev–Trinajstić information content (AvgIpc) is 3.26. The van der Waals surface area contributed by atoms with Gasteiger partial charge in [0.25, 0.3) is 11.8 Å². The highest BCUT2D eigenvalue weighted by Gasteiger charge is 2.48. The highest BCUT2D eigenvalue weighted by atomic mass is 19.3. The minimum absolute atomic E-state index is 0.134. The molecule has 8 nitrogen and oxygen atoms in total. The molecule has 2 aromatic carbocycles. The standard InChI is InChI=1S/C27H29BF2N4O4/c28-26(10-9-22(35)32-24(26)37)34-16-18-13-17(7-8-21(18)23(34)36)15-31-25(38)27(29,30)19-5-4-6-20(14-19)33-11-2-1-3-12-33/h4-8,13-14H,1-3,9-12,15-16,28H2,(H,31,38)(H,32,35,37). The number of fused-ring (bicyclic) bond motifs is 1. The Morgan fingerprint density at radius 1 is 1.08 bits per heavy atom. The lowest BCUT2D eigenvalue weighted by Crippen LogP contribution is -2.63. The van der Waals surface area contributed by atoms with E-state index in [1.165, 1.54) is 17.0 Å². The van der Waals surface area contributed by atoms with Gasteiger partial charge in [-0.1, -0.05) is 24.3 Å². The largest absolute Gasteiger partial charge is 0.372 e. The molecular formula is C27H29BF2N4O4. The van der Waals surface area contributed by atoms with Gasteiger partial charge < -0.3 is 15.1 Å². The highest BCUT2D eigenvalue weighted by Crippen LogP contribution is 2.34. The zero-order chi connectivity index (χ0) is 27.1. The number of carbonyl (C=O) groups excluding carboxylic acids is 4. The molecule has 0 bridgehead atoms. The summed E-state index contributed by atoms with van der Waals surface area (Å²) in [4.78, 5) is 53.2. The summed E-state index contributed by atoms with van der Waals surface area (Å²) in [5.74, 6) is -6.33. The van der Waals surface area contributed by atoms with E-state index >= 15 is 8.78 Å². The summed E-state index contributed by atoms with van der Waals surface area (Å²) >= 11 is 0. The zero-order valence-electron chi connectivity index (χ0n) is 21.2. The van der Waals surface area contributed by atoms with Crippen LogP contribution in [0.25, 0.3) is 0 Å². The monoisotopic (exact) mass is 522 g/mol. The van der Waals surface area contributed by atoms with Crippen molar-refractivity contribution in [3.8, 4) is 0 Å². The summed E-state index contributed by atoms with van der Waals surface area (Å²) < 4.78 is 30.2. The molecule has 4 amide bonds. The molecule has 3 aliphatic rings. The Hall–Kier alpha value is -3.76. The van der Waals surface area contributed by atoms with Crippen molar-refractivity contribution < 1.29 is 28.0 Å². The van der Waals surface area contributed by atoms with Crippen molar-refractivity contribution in [3.05, 3.63) is 64.7 Å². The molecule has 0 aliphatic carbocycles. The maximum atomic E-state index is 15.1. The van der Waals surface area contributed by atoms with Crippen molar-refractivity contribution in [2.45, 2.75) is 56.6 Å². The van der Waals surface area contributed by atoms with Gasteiger partial charge in [0, 0.05) is 49.4 Å². The van der Waals surface area contributed by atoms with E-state index in [1.54, 1.807) is 38.2 Å². The van der Waals surface area contributed by atoms with Gasteiger partial charge in [-0.2, -0.15) is 8.78 Å². The van der Waals surface area contributed by atoms with Crippen LogP contribution in [0.15, 0.2) is 42.5 Å². The maximum Gasteiger partial charge on any atom is 0.349 e. The van der Waals surface area contributed by atoms with Crippen LogP contribution in [0.2, 0.25) is 0 Å². The molecule has 1 unspecified atom stereocenters. The van der Waals surface area contributed by atoms with Crippen molar-refractivity contribution in [1.29, 1.82) is 0 Å². The van der Waals surface area contributed by atoms with Gasteiger partial charge in [-0.15, -0.1) is 0 Å². The Balaban J connectivity index is 1.26. The van der Waals surface area contributed by atoms with Crippen LogP contribution in [0.1, 0.15) is 59.2 Å². The first-order chi connectivity index (χ1) is 18.1. The topological polar surface area (TPSA) is 98.8 Å². The number of anilines is 1. The Morgan fingerprint density at radius 3 is 2.58 bits per heavy atom. The van der Waals surface area contributed by atoms with Gasteiger partial charge in [0.15, 0.2) is 0 Å². The van der Waals surface area contributed by atoms with E-state index in [0.29, 0.717) is 22.4 Å². The molecule has 0 spiro atoms. The highest BCUT2D eigenvalue weighted by molar-refractivity contribution is 6.32. The van der Waals surface area contributed by atoms with E-state index in [4.69, 9.17) is 0 Å². The van der Waals surface area contributed by atoms with E-state index in [0.717, 1.165) is 32.4 Å². The Morgan fingerprint density at radius 2 is 1.84 bits per heavy atom. The fraction of sp³-hybridized carbons (Fsp3) is 0.407. The van der Waals surface area contributed by atoms with Gasteiger partial charge >= 0.3 is 5.92 Å². The lowest BCUT2D eigenvalue weighted by atomic mass is 9.70. The molecule has 11 heteroatoms. The smallest absolute Gasteiger partial charge is 0.349 e. The number of amides is 4. The van der Waals surface area contributed by atoms with Crippen LogP contribution in [0, 0.1) is 0 Å². The molecule has 2 fully saturated rings. The quantitative estimate of drug-likeness (QED) is 0.446. The number of nitrogens with zero attached hydrogens (tertiary/aromatic N) is 2. The molecule has 2 N–H and O–H groups in total. The first kappa shape index (κ1) is 25.9. The fourth-order valence-corrected chi connectivity index (χ4v) is 5.41. The molecule has 0 saturated carbocycles. The van der Waals surface area contributed by atoms with Gasteiger partial charge in [0.1, 0.15) is 7.85 Å². The lowest BCUT2D eigenvalue weighted by Gasteiger charge is -2.39. The van der Waals surface area contributed by atoms with Gasteiger partial charge in [0.05, 0.1) is 5.44 Å². The van der Waals surface area contributed by atoms with E-state index in [9.17, 15) is 19.2 Å². The third-order valence-corrected chi connectivity index (χ3v) is 7.82. The zero-order valence-corrected chi connectivity index (χ0v) is 21.2. The minimum atomic E-state index is -3.71. The number of hydrogen-bond acceptors (Lipinski definition) is 5. The van der Waals surface area contributed by atoms with Crippen molar-refractivity contribution in [3.63, 3.8) is 0 Å². The van der Waals surface area contributed by atoms with Crippen LogP contribution in [-0.2, 0) is 33.4 Å². The third-order valence-electron chi connectivity index (χ3n) is 7.82. The van der Waals surface area contributed by atoms with Crippen LogP contribution in [0.5, 0.6) is 0 Å². The fourth-order valence-electron chi connectivity index (χ4n) is 5.41. The van der Waals surface area contributed by atoms with Crippen molar-refractivity contribution >= 4 is 37.2 Å². The predicted molar refractivity (Wildman–Crippen MR) is 138 cm³/mol. The maximum absolute atomic E-state index is 15.1. The molecule has 0 aromatic heterocycles. The summed E-state index contributed by atoms with van der Waals surface area (Å²) in [6.45, 7) is 1.62. The number of halogens is 2. The average molecular weight is 522 g/mol. The molecule has 3 heterocycles. The minimum Gasteiger partial charge on any atom is -0.372 e.